The number of alkyl carbamates (subject to hydrolysis) is 1. The fourth-order valence-electron chi connectivity index (χ4n) is 3.44. The van der Waals surface area contributed by atoms with Crippen LogP contribution in [0.3, 0.4) is 0 Å². The average Bonchev–Trinajstić information content (AvgIpc) is 2.67. The average molecular weight is 448 g/mol. The van der Waals surface area contributed by atoms with Crippen LogP contribution in [0.5, 0.6) is 0 Å². The molecule has 7 nitrogen and oxygen atoms in total. The van der Waals surface area contributed by atoms with Crippen molar-refractivity contribution >= 4 is 17.9 Å². The van der Waals surface area contributed by atoms with Crippen LogP contribution in [0.15, 0.2) is 18.2 Å². The van der Waals surface area contributed by atoms with E-state index in [1.807, 2.05) is 45.9 Å². The molecule has 1 aromatic rings. The molecule has 1 aromatic carbocycles. The van der Waals surface area contributed by atoms with Crippen molar-refractivity contribution < 1.29 is 19.1 Å². The predicted molar refractivity (Wildman–Crippen MR) is 127 cm³/mol. The van der Waals surface area contributed by atoms with Gasteiger partial charge in [-0.3, -0.25) is 9.59 Å². The van der Waals surface area contributed by atoms with E-state index in [0.29, 0.717) is 6.54 Å². The van der Waals surface area contributed by atoms with Crippen molar-refractivity contribution in [2.45, 2.75) is 92.3 Å². The Morgan fingerprint density at radius 1 is 1.06 bits per heavy atom. The quantitative estimate of drug-likeness (QED) is 0.520. The first-order valence-electron chi connectivity index (χ1n) is 11.5. The van der Waals surface area contributed by atoms with E-state index in [0.717, 1.165) is 36.0 Å². The van der Waals surface area contributed by atoms with Crippen LogP contribution in [0.1, 0.15) is 83.5 Å². The highest BCUT2D eigenvalue weighted by atomic mass is 16.6. The van der Waals surface area contributed by atoms with Crippen molar-refractivity contribution in [3.63, 3.8) is 0 Å². The van der Waals surface area contributed by atoms with Gasteiger partial charge in [-0.2, -0.15) is 0 Å². The zero-order valence-electron chi connectivity index (χ0n) is 21.0. The van der Waals surface area contributed by atoms with E-state index in [9.17, 15) is 14.4 Å². The van der Waals surface area contributed by atoms with Crippen LogP contribution in [-0.4, -0.2) is 47.5 Å². The highest BCUT2D eigenvalue weighted by Gasteiger charge is 2.34. The molecule has 0 aliphatic heterocycles. The van der Waals surface area contributed by atoms with E-state index in [4.69, 9.17) is 4.74 Å². The minimum Gasteiger partial charge on any atom is -0.444 e. The summed E-state index contributed by atoms with van der Waals surface area (Å²) in [5.41, 5.74) is 2.07. The molecule has 0 heterocycles. The Labute approximate surface area is 193 Å². The topological polar surface area (TPSA) is 87.7 Å². The number of nitrogens with zero attached hydrogens (tertiary/aromatic N) is 1. The molecule has 1 unspecified atom stereocenters. The maximum absolute atomic E-state index is 13.3. The SMILES string of the molecule is CCCCCNC(=O)C(c1cc(C)ccc1C)N(C(=O)CNC(=O)OC(C)(C)C)C(C)C. The number of hydrogen-bond donors (Lipinski definition) is 2. The van der Waals surface area contributed by atoms with E-state index in [2.05, 4.69) is 17.6 Å². The third kappa shape index (κ3) is 8.89. The minimum atomic E-state index is -0.788. The second kappa shape index (κ2) is 12.5. The van der Waals surface area contributed by atoms with Gasteiger partial charge in [0.05, 0.1) is 0 Å². The lowest BCUT2D eigenvalue weighted by molar-refractivity contribution is -0.142. The van der Waals surface area contributed by atoms with Gasteiger partial charge < -0.3 is 20.3 Å². The van der Waals surface area contributed by atoms with Gasteiger partial charge in [0.2, 0.25) is 11.8 Å². The molecule has 1 atom stereocenters. The molecule has 0 saturated carbocycles. The minimum absolute atomic E-state index is 0.214. The van der Waals surface area contributed by atoms with Gasteiger partial charge in [-0.1, -0.05) is 43.5 Å². The number of carbonyl (C=O) groups is 3. The monoisotopic (exact) mass is 447 g/mol. The molecule has 3 amide bonds. The van der Waals surface area contributed by atoms with Crippen molar-refractivity contribution in [2.75, 3.05) is 13.1 Å². The Morgan fingerprint density at radius 2 is 1.72 bits per heavy atom. The molecular weight excluding hydrogens is 406 g/mol. The van der Waals surface area contributed by atoms with E-state index in [1.165, 1.54) is 0 Å². The Kier molecular flexibility index (Phi) is 10.7. The molecule has 0 aliphatic carbocycles. The fourth-order valence-corrected chi connectivity index (χ4v) is 3.44. The number of aryl methyl sites for hydroxylation is 2. The summed E-state index contributed by atoms with van der Waals surface area (Å²) >= 11 is 0. The van der Waals surface area contributed by atoms with Gasteiger partial charge in [0.15, 0.2) is 0 Å². The number of ether oxygens (including phenoxy) is 1. The Hall–Kier alpha value is -2.57. The first-order chi connectivity index (χ1) is 14.9. The fraction of sp³-hybridized carbons (Fsp3) is 0.640. The number of benzene rings is 1. The standard InChI is InChI=1S/C25H41N3O4/c1-9-10-11-14-26-23(30)22(20-15-18(4)12-13-19(20)5)28(17(2)3)21(29)16-27-24(31)32-25(6,7)8/h12-13,15,17,22H,9-11,14,16H2,1-8H3,(H,26,30)(H,27,31). The van der Waals surface area contributed by atoms with Crippen molar-refractivity contribution in [1.82, 2.24) is 15.5 Å². The second-order valence-electron chi connectivity index (χ2n) is 9.51. The Morgan fingerprint density at radius 3 is 2.28 bits per heavy atom. The van der Waals surface area contributed by atoms with Gasteiger partial charge in [0, 0.05) is 12.6 Å². The van der Waals surface area contributed by atoms with E-state index >= 15 is 0 Å². The Balaban J connectivity index is 3.18. The smallest absolute Gasteiger partial charge is 0.408 e. The number of carbonyl (C=O) groups excluding carboxylic acids is 3. The largest absolute Gasteiger partial charge is 0.444 e. The molecular formula is C25H41N3O4. The number of hydrogen-bond acceptors (Lipinski definition) is 4. The molecule has 0 aliphatic rings. The van der Waals surface area contributed by atoms with Gasteiger partial charge in [-0.15, -0.1) is 0 Å². The summed E-state index contributed by atoms with van der Waals surface area (Å²) in [4.78, 5) is 40.1. The molecule has 180 valence electrons. The third-order valence-corrected chi connectivity index (χ3v) is 4.96. The first-order valence-corrected chi connectivity index (χ1v) is 11.5. The molecule has 0 bridgehead atoms. The van der Waals surface area contributed by atoms with E-state index in [-0.39, 0.29) is 24.4 Å². The maximum Gasteiger partial charge on any atom is 0.408 e. The predicted octanol–water partition coefficient (Wildman–Crippen LogP) is 4.41. The van der Waals surface area contributed by atoms with Crippen LogP contribution in [0.25, 0.3) is 0 Å². The van der Waals surface area contributed by atoms with Gasteiger partial charge in [0.1, 0.15) is 18.2 Å². The van der Waals surface area contributed by atoms with Crippen LogP contribution in [0.4, 0.5) is 4.79 Å². The van der Waals surface area contributed by atoms with Crippen LogP contribution >= 0.6 is 0 Å². The number of nitrogens with one attached hydrogen (secondary N) is 2. The molecule has 7 heteroatoms. The van der Waals surface area contributed by atoms with Crippen molar-refractivity contribution in [3.8, 4) is 0 Å². The van der Waals surface area contributed by atoms with Crippen LogP contribution < -0.4 is 10.6 Å². The molecule has 0 fully saturated rings. The maximum atomic E-state index is 13.3. The zero-order valence-corrected chi connectivity index (χ0v) is 21.0. The highest BCUT2D eigenvalue weighted by molar-refractivity contribution is 5.91. The molecule has 1 rings (SSSR count). The molecule has 32 heavy (non-hydrogen) atoms. The van der Waals surface area contributed by atoms with E-state index in [1.54, 1.807) is 25.7 Å². The summed E-state index contributed by atoms with van der Waals surface area (Å²) in [6, 6.07) is 4.86. The Bertz CT molecular complexity index is 784. The lowest BCUT2D eigenvalue weighted by atomic mass is 9.95. The molecule has 0 saturated heterocycles. The van der Waals surface area contributed by atoms with Crippen molar-refractivity contribution in [3.05, 3.63) is 34.9 Å². The lowest BCUT2D eigenvalue weighted by Gasteiger charge is -2.35. The summed E-state index contributed by atoms with van der Waals surface area (Å²) in [7, 11) is 0. The molecule has 2 N–H and O–H groups in total. The molecule has 0 radical (unpaired) electrons. The number of amides is 3. The van der Waals surface area contributed by atoms with Crippen molar-refractivity contribution in [2.24, 2.45) is 0 Å². The summed E-state index contributed by atoms with van der Waals surface area (Å²) in [6.07, 6.45) is 2.31. The normalized spacial score (nSPS) is 12.3. The van der Waals surface area contributed by atoms with Gasteiger partial charge in [-0.25, -0.2) is 4.79 Å². The first kappa shape index (κ1) is 27.5. The summed E-state index contributed by atoms with van der Waals surface area (Å²) in [6.45, 7) is 15.3. The molecule has 0 spiro atoms. The summed E-state index contributed by atoms with van der Waals surface area (Å²) in [5.74, 6) is -0.561. The summed E-state index contributed by atoms with van der Waals surface area (Å²) in [5, 5.41) is 5.53. The zero-order chi connectivity index (χ0) is 24.5. The molecule has 0 aromatic heterocycles. The van der Waals surface area contributed by atoms with Crippen molar-refractivity contribution in [1.29, 1.82) is 0 Å². The number of unbranched alkanes of at least 4 members (excludes halogenated alkanes) is 2. The highest BCUT2D eigenvalue weighted by Crippen LogP contribution is 2.27. The van der Waals surface area contributed by atoms with Crippen LogP contribution in [0, 0.1) is 13.8 Å². The van der Waals surface area contributed by atoms with Gasteiger partial charge in [-0.05, 0) is 66.0 Å². The van der Waals surface area contributed by atoms with Gasteiger partial charge >= 0.3 is 6.09 Å². The van der Waals surface area contributed by atoms with E-state index < -0.39 is 17.7 Å². The third-order valence-electron chi connectivity index (χ3n) is 4.96. The number of rotatable bonds is 10. The van der Waals surface area contributed by atoms with Crippen LogP contribution in [-0.2, 0) is 14.3 Å². The van der Waals surface area contributed by atoms with Gasteiger partial charge in [0.25, 0.3) is 0 Å². The van der Waals surface area contributed by atoms with Crippen LogP contribution in [0.2, 0.25) is 0 Å². The summed E-state index contributed by atoms with van der Waals surface area (Å²) < 4.78 is 5.23. The second-order valence-corrected chi connectivity index (χ2v) is 9.51. The lowest BCUT2D eigenvalue weighted by Crippen LogP contribution is -2.50.